The molecule has 0 amide bonds. The SMILES string of the molecule is CC(C)(C)c1ccc2c(-c3ccc4ccccc4c3)cccc2c1-c1ccc2ccccc2c1.CC(C)(C)c1ccc2c(-c3cccc4ccccc34)cccc2c1-c1ccc2ccccc2c1.CC(C)(C)c1ccc2c(-c3cccc4ccccc34)cccc2c1-c1cccc2ccccc12.Cc1ccc(-c2cccc3c(-c4ccc5ccccc5c4)cccc23)c2ccccc12. The van der Waals surface area contributed by atoms with Crippen LogP contribution in [0.2, 0.25) is 0 Å². The van der Waals surface area contributed by atoms with E-state index in [0.717, 1.165) is 0 Å². The highest BCUT2D eigenvalue weighted by molar-refractivity contribution is 6.16. The Morgan fingerprint density at radius 2 is 0.346 bits per heavy atom. The summed E-state index contributed by atoms with van der Waals surface area (Å²) < 4.78 is 0. The van der Waals surface area contributed by atoms with Crippen molar-refractivity contribution in [1.82, 2.24) is 0 Å². The Morgan fingerprint density at radius 3 is 0.722 bits per heavy atom. The van der Waals surface area contributed by atoms with Gasteiger partial charge < -0.3 is 0 Å². The van der Waals surface area contributed by atoms with Crippen molar-refractivity contribution in [1.29, 1.82) is 0 Å². The van der Waals surface area contributed by atoms with Crippen LogP contribution in [0.3, 0.4) is 0 Å². The van der Waals surface area contributed by atoms with Crippen molar-refractivity contribution in [2.24, 2.45) is 0 Å². The lowest BCUT2D eigenvalue weighted by atomic mass is 9.78. The molecule has 0 heteroatoms. The Kier molecular flexibility index (Phi) is 22.2. The number of hydrogen-bond donors (Lipinski definition) is 0. The van der Waals surface area contributed by atoms with Gasteiger partial charge in [0.25, 0.3) is 0 Å². The maximum atomic E-state index is 2.36. The maximum absolute atomic E-state index is 2.36. The summed E-state index contributed by atoms with van der Waals surface area (Å²) in [6.07, 6.45) is 0. The standard InChI is InChI=1S/3C34H28.C31H22/c1-34(2,3)32-22-21-29-28(27-17-8-13-23-11-4-6-15-25(23)27)18-10-20-31(29)33(32)30-19-9-14-24-12-5-7-16-26(24)30;1-34(2,3)32-20-19-30-29(27-17-15-23-9-4-6-11-25(23)21-27)13-8-14-31(30)33(32)28-18-16-24-10-5-7-12-26(24)22-28;1-34(2,3)32-21-20-30-29(28-15-8-13-24-11-6-7-14-27(24)28)16-9-17-31(30)33(32)26-19-18-23-10-4-5-12-25(23)22-26;1-21-16-19-31(27-11-5-4-10-25(21)27)30-15-7-13-28-26(12-6-14-29(28)30)24-18-17-22-8-2-3-9-23(22)20-24/h3*4-22H,1-3H3;2-20H,1H3. The first-order valence-electron chi connectivity index (χ1n) is 46.9. The van der Waals surface area contributed by atoms with Gasteiger partial charge in [0.05, 0.1) is 0 Å². The van der Waals surface area contributed by atoms with Gasteiger partial charge in [0, 0.05) is 0 Å². The van der Waals surface area contributed by atoms with Crippen LogP contribution in [0.15, 0.2) is 461 Å². The Morgan fingerprint density at radius 1 is 0.128 bits per heavy atom. The molecule has 0 fully saturated rings. The third-order valence-electron chi connectivity index (χ3n) is 27.4. The van der Waals surface area contributed by atoms with Gasteiger partial charge in [-0.1, -0.05) is 499 Å². The average Bonchev–Trinajstić information content (AvgIpc) is 0.762. The van der Waals surface area contributed by atoms with Crippen molar-refractivity contribution in [3.05, 3.63) is 483 Å². The summed E-state index contributed by atoms with van der Waals surface area (Å²) in [5.74, 6) is 0. The summed E-state index contributed by atoms with van der Waals surface area (Å²) in [4.78, 5) is 0. The van der Waals surface area contributed by atoms with Crippen molar-refractivity contribution < 1.29 is 0 Å². The first-order chi connectivity index (χ1) is 64.8. The highest BCUT2D eigenvalue weighted by Crippen LogP contribution is 2.49. The zero-order chi connectivity index (χ0) is 90.6. The summed E-state index contributed by atoms with van der Waals surface area (Å²) in [6.45, 7) is 23.0. The van der Waals surface area contributed by atoms with Crippen LogP contribution in [0.5, 0.6) is 0 Å². The zero-order valence-corrected chi connectivity index (χ0v) is 77.4. The number of fused-ring (bicyclic) bond motifs is 12. The van der Waals surface area contributed by atoms with Crippen molar-refractivity contribution in [2.75, 3.05) is 0 Å². The van der Waals surface area contributed by atoms with E-state index < -0.39 is 0 Å². The second kappa shape index (κ2) is 35.0. The quantitative estimate of drug-likeness (QED) is 0.142. The van der Waals surface area contributed by atoms with Crippen LogP contribution in [0.25, 0.3) is 218 Å². The van der Waals surface area contributed by atoms with Crippen molar-refractivity contribution in [3.63, 3.8) is 0 Å². The molecule has 0 aromatic heterocycles. The highest BCUT2D eigenvalue weighted by atomic mass is 14.3. The Hall–Kier alpha value is -15.6. The molecule has 0 bridgehead atoms. The van der Waals surface area contributed by atoms with Crippen LogP contribution >= 0.6 is 0 Å². The van der Waals surface area contributed by atoms with Gasteiger partial charge in [-0.05, 0) is 288 Å². The Balaban J connectivity index is 0.000000107. The van der Waals surface area contributed by atoms with Crippen LogP contribution in [0, 0.1) is 6.92 Å². The third kappa shape index (κ3) is 16.2. The largest absolute Gasteiger partial charge is 0.0616 e. The van der Waals surface area contributed by atoms with E-state index in [4.69, 9.17) is 0 Å². The van der Waals surface area contributed by atoms with Gasteiger partial charge in [0.2, 0.25) is 0 Å². The second-order valence-corrected chi connectivity index (χ2v) is 38.9. The molecule has 24 aromatic carbocycles. The van der Waals surface area contributed by atoms with E-state index in [2.05, 4.69) is 530 Å². The van der Waals surface area contributed by atoms with Gasteiger partial charge in [-0.25, -0.2) is 0 Å². The second-order valence-electron chi connectivity index (χ2n) is 38.9. The van der Waals surface area contributed by atoms with Gasteiger partial charge in [-0.15, -0.1) is 0 Å². The lowest BCUT2D eigenvalue weighted by Crippen LogP contribution is -2.13. The monoisotopic (exact) mass is 1700 g/mol. The van der Waals surface area contributed by atoms with Crippen LogP contribution in [-0.2, 0) is 16.2 Å². The van der Waals surface area contributed by atoms with Gasteiger partial charge in [-0.2, -0.15) is 0 Å². The fourth-order valence-corrected chi connectivity index (χ4v) is 20.8. The Labute approximate surface area is 781 Å². The van der Waals surface area contributed by atoms with E-state index >= 15 is 0 Å². The first kappa shape index (κ1) is 84.3. The molecule has 0 atom stereocenters. The van der Waals surface area contributed by atoms with Crippen LogP contribution in [-0.4, -0.2) is 0 Å². The minimum Gasteiger partial charge on any atom is -0.0616 e. The highest BCUT2D eigenvalue weighted by Gasteiger charge is 2.27. The fourth-order valence-electron chi connectivity index (χ4n) is 20.8. The number of benzene rings is 24. The van der Waals surface area contributed by atoms with Gasteiger partial charge in [-0.3, -0.25) is 0 Å². The summed E-state index contributed by atoms with van der Waals surface area (Å²) in [5.41, 5.74) is 26.3. The molecule has 24 aromatic rings. The van der Waals surface area contributed by atoms with Crippen LogP contribution < -0.4 is 0 Å². The molecule has 0 aliphatic carbocycles. The van der Waals surface area contributed by atoms with Gasteiger partial charge >= 0.3 is 0 Å². The fraction of sp³-hybridized carbons (Fsp3) is 0.0977. The molecule has 0 saturated heterocycles. The number of rotatable bonds is 8. The van der Waals surface area contributed by atoms with Gasteiger partial charge in [0.15, 0.2) is 0 Å². The molecule has 0 radical (unpaired) electrons. The lowest BCUT2D eigenvalue weighted by molar-refractivity contribution is 0.592. The maximum Gasteiger partial charge on any atom is -0.00615 e. The molecule has 0 aliphatic rings. The predicted octanol–water partition coefficient (Wildman–Crippen LogP) is 38.1. The number of aryl methyl sites for hydroxylation is 1. The third-order valence-corrected chi connectivity index (χ3v) is 27.4. The molecular weight excluding hydrogens is 1600 g/mol. The molecule has 0 saturated carbocycles. The molecule has 0 heterocycles. The summed E-state index contributed by atoms with van der Waals surface area (Å²) in [6, 6.07) is 169. The van der Waals surface area contributed by atoms with Crippen molar-refractivity contribution in [3.8, 4) is 89.0 Å². The topological polar surface area (TPSA) is 0 Å². The van der Waals surface area contributed by atoms with Crippen LogP contribution in [0.4, 0.5) is 0 Å². The van der Waals surface area contributed by atoms with E-state index in [1.54, 1.807) is 0 Å². The molecule has 0 spiro atoms. The van der Waals surface area contributed by atoms with E-state index in [0.29, 0.717) is 0 Å². The smallest absolute Gasteiger partial charge is 0.00615 e. The van der Waals surface area contributed by atoms with E-state index in [9.17, 15) is 0 Å². The lowest BCUT2D eigenvalue weighted by Gasteiger charge is -2.26. The van der Waals surface area contributed by atoms with Crippen molar-refractivity contribution in [2.45, 2.75) is 85.5 Å². The first-order valence-corrected chi connectivity index (χ1v) is 46.9. The van der Waals surface area contributed by atoms with Crippen LogP contribution in [0.1, 0.15) is 84.6 Å². The molecule has 0 aliphatic heterocycles. The molecular formula is C133H106. The summed E-state index contributed by atoms with van der Waals surface area (Å²) >= 11 is 0. The number of hydrogen-bond acceptors (Lipinski definition) is 0. The molecule has 638 valence electrons. The van der Waals surface area contributed by atoms with E-state index in [-0.39, 0.29) is 16.2 Å². The molecule has 0 unspecified atom stereocenters. The molecule has 0 nitrogen and oxygen atoms in total. The Bertz CT molecular complexity index is 8620. The van der Waals surface area contributed by atoms with Gasteiger partial charge in [0.1, 0.15) is 0 Å². The predicted molar refractivity (Wildman–Crippen MR) is 580 cm³/mol. The average molecular weight is 1700 g/mol. The van der Waals surface area contributed by atoms with E-state index in [1.807, 2.05) is 0 Å². The normalized spacial score (nSPS) is 11.8. The molecule has 0 N–H and O–H groups in total. The van der Waals surface area contributed by atoms with Crippen molar-refractivity contribution >= 4 is 129 Å². The summed E-state index contributed by atoms with van der Waals surface area (Å²) in [7, 11) is 0. The molecule has 133 heavy (non-hydrogen) atoms. The zero-order valence-electron chi connectivity index (χ0n) is 77.4. The molecule has 24 rings (SSSR count). The minimum absolute atomic E-state index is 0.0237. The minimum atomic E-state index is 0.0237. The van der Waals surface area contributed by atoms with E-state index in [1.165, 1.54) is 241 Å². The summed E-state index contributed by atoms with van der Waals surface area (Å²) in [5, 5.41) is 31.0.